The number of thiocarbonyl (C=S) groups is 1. The normalized spacial score (nSPS) is 10.0. The number of anilines is 1. The highest BCUT2D eigenvalue weighted by Crippen LogP contribution is 2.09. The van der Waals surface area contributed by atoms with Crippen molar-refractivity contribution in [2.45, 2.75) is 45.4 Å². The van der Waals surface area contributed by atoms with Crippen LogP contribution in [0.4, 0.5) is 5.69 Å². The van der Waals surface area contributed by atoms with E-state index in [1.807, 2.05) is 0 Å². The van der Waals surface area contributed by atoms with Gasteiger partial charge in [-0.25, -0.2) is 0 Å². The monoisotopic (exact) mass is 321 g/mol. The number of primary amides is 1. The van der Waals surface area contributed by atoms with Crippen LogP contribution in [-0.4, -0.2) is 16.9 Å². The van der Waals surface area contributed by atoms with Gasteiger partial charge in [0.2, 0.25) is 11.8 Å². The number of rotatable bonds is 8. The highest BCUT2D eigenvalue weighted by Gasteiger charge is 2.05. The summed E-state index contributed by atoms with van der Waals surface area (Å²) < 4.78 is 0. The number of amides is 2. The highest BCUT2D eigenvalue weighted by atomic mass is 32.1. The Balaban J connectivity index is 2.30. The number of carbonyl (C=O) groups is 2. The summed E-state index contributed by atoms with van der Waals surface area (Å²) >= 11 is 5.08. The number of nitrogens with two attached hydrogens (primary N) is 1. The third-order valence-corrected chi connectivity index (χ3v) is 3.39. The molecular weight excluding hydrogens is 298 g/mol. The fourth-order valence-corrected chi connectivity index (χ4v) is 2.19. The molecule has 0 spiro atoms. The Morgan fingerprint density at radius 1 is 1.09 bits per heavy atom. The summed E-state index contributed by atoms with van der Waals surface area (Å²) in [5.74, 6) is -0.562. The number of unbranched alkanes of at least 4 members (excludes halogenated alkanes) is 4. The van der Waals surface area contributed by atoms with Crippen molar-refractivity contribution >= 4 is 34.8 Å². The van der Waals surface area contributed by atoms with Crippen molar-refractivity contribution in [3.05, 3.63) is 29.8 Å². The molecule has 0 aliphatic heterocycles. The van der Waals surface area contributed by atoms with Crippen molar-refractivity contribution in [2.75, 3.05) is 5.32 Å². The average molecular weight is 321 g/mol. The minimum atomic E-state index is -0.481. The number of nitrogens with one attached hydrogen (secondary N) is 2. The Morgan fingerprint density at radius 2 is 1.73 bits per heavy atom. The van der Waals surface area contributed by atoms with Crippen molar-refractivity contribution in [1.82, 2.24) is 5.32 Å². The molecule has 2 amide bonds. The van der Waals surface area contributed by atoms with Crippen LogP contribution in [0, 0.1) is 0 Å². The zero-order valence-corrected chi connectivity index (χ0v) is 13.7. The molecule has 4 N–H and O–H groups in total. The van der Waals surface area contributed by atoms with Crippen molar-refractivity contribution in [1.29, 1.82) is 0 Å². The zero-order valence-electron chi connectivity index (χ0n) is 12.9. The van der Waals surface area contributed by atoms with Gasteiger partial charge in [-0.15, -0.1) is 0 Å². The molecule has 0 radical (unpaired) electrons. The standard InChI is InChI=1S/C16H23N3O2S/c1-2-3-4-5-6-7-14(20)19-16(22)18-13-10-8-12(9-11-13)15(17)21/h8-11H,2-7H2,1H3,(H2,17,21)(H2,18,19,20,22). The second kappa shape index (κ2) is 9.89. The minimum absolute atomic E-state index is 0.0808. The Bertz CT molecular complexity index is 515. The van der Waals surface area contributed by atoms with Gasteiger partial charge in [-0.1, -0.05) is 32.6 Å². The molecule has 0 aliphatic carbocycles. The summed E-state index contributed by atoms with van der Waals surface area (Å²) in [5.41, 5.74) is 6.28. The fourth-order valence-electron chi connectivity index (χ4n) is 1.96. The number of hydrogen-bond acceptors (Lipinski definition) is 3. The van der Waals surface area contributed by atoms with Crippen molar-refractivity contribution in [3.8, 4) is 0 Å². The lowest BCUT2D eigenvalue weighted by atomic mass is 10.1. The molecule has 5 nitrogen and oxygen atoms in total. The Labute approximate surface area is 136 Å². The van der Waals surface area contributed by atoms with Crippen LogP contribution in [0.3, 0.4) is 0 Å². The summed E-state index contributed by atoms with van der Waals surface area (Å²) in [7, 11) is 0. The molecular formula is C16H23N3O2S. The highest BCUT2D eigenvalue weighted by molar-refractivity contribution is 7.80. The van der Waals surface area contributed by atoms with Crippen LogP contribution in [0.25, 0.3) is 0 Å². The van der Waals surface area contributed by atoms with Gasteiger partial charge in [-0.3, -0.25) is 9.59 Å². The number of carbonyl (C=O) groups excluding carboxylic acids is 2. The van der Waals surface area contributed by atoms with Crippen LogP contribution >= 0.6 is 12.2 Å². The van der Waals surface area contributed by atoms with Crippen molar-refractivity contribution < 1.29 is 9.59 Å². The molecule has 0 aromatic heterocycles. The van der Waals surface area contributed by atoms with Gasteiger partial charge in [0.1, 0.15) is 0 Å². The number of hydrogen-bond donors (Lipinski definition) is 3. The molecule has 0 aliphatic rings. The first kappa shape index (κ1) is 18.1. The van der Waals surface area contributed by atoms with Gasteiger partial charge in [-0.05, 0) is 42.9 Å². The van der Waals surface area contributed by atoms with Crippen LogP contribution in [0.2, 0.25) is 0 Å². The van der Waals surface area contributed by atoms with Crippen LogP contribution in [-0.2, 0) is 4.79 Å². The molecule has 0 unspecified atom stereocenters. The Hall–Kier alpha value is -1.95. The second-order valence-electron chi connectivity index (χ2n) is 5.11. The predicted molar refractivity (Wildman–Crippen MR) is 92.7 cm³/mol. The van der Waals surface area contributed by atoms with E-state index in [0.717, 1.165) is 12.8 Å². The Morgan fingerprint density at radius 3 is 2.32 bits per heavy atom. The predicted octanol–water partition coefficient (Wildman–Crippen LogP) is 2.96. The third-order valence-electron chi connectivity index (χ3n) is 3.19. The topological polar surface area (TPSA) is 84.2 Å². The SMILES string of the molecule is CCCCCCCC(=O)NC(=S)Nc1ccc(C(N)=O)cc1. The summed E-state index contributed by atoms with van der Waals surface area (Å²) in [6.45, 7) is 2.16. The first-order valence-electron chi connectivity index (χ1n) is 7.53. The van der Waals surface area contributed by atoms with Gasteiger partial charge in [-0.2, -0.15) is 0 Å². The van der Waals surface area contributed by atoms with Crippen molar-refractivity contribution in [3.63, 3.8) is 0 Å². The van der Waals surface area contributed by atoms with Gasteiger partial charge < -0.3 is 16.4 Å². The van der Waals surface area contributed by atoms with Crippen LogP contribution in [0.1, 0.15) is 55.8 Å². The zero-order chi connectivity index (χ0) is 16.4. The molecule has 0 saturated carbocycles. The minimum Gasteiger partial charge on any atom is -0.366 e. The molecule has 0 heterocycles. The van der Waals surface area contributed by atoms with Crippen LogP contribution in [0.5, 0.6) is 0 Å². The second-order valence-corrected chi connectivity index (χ2v) is 5.52. The summed E-state index contributed by atoms with van der Waals surface area (Å²) in [6, 6.07) is 6.57. The fraction of sp³-hybridized carbons (Fsp3) is 0.438. The van der Waals surface area contributed by atoms with E-state index in [-0.39, 0.29) is 11.0 Å². The molecule has 0 saturated heterocycles. The lowest BCUT2D eigenvalue weighted by Crippen LogP contribution is -2.33. The van der Waals surface area contributed by atoms with E-state index in [1.165, 1.54) is 19.3 Å². The van der Waals surface area contributed by atoms with Gasteiger partial charge in [0, 0.05) is 17.7 Å². The van der Waals surface area contributed by atoms with E-state index in [0.29, 0.717) is 17.7 Å². The molecule has 0 atom stereocenters. The molecule has 6 heteroatoms. The molecule has 120 valence electrons. The Kier molecular flexibility index (Phi) is 8.14. The quantitative estimate of drug-likeness (QED) is 0.508. The number of benzene rings is 1. The van der Waals surface area contributed by atoms with E-state index in [1.54, 1.807) is 24.3 Å². The summed E-state index contributed by atoms with van der Waals surface area (Å²) in [5, 5.41) is 5.80. The van der Waals surface area contributed by atoms with Crippen molar-refractivity contribution in [2.24, 2.45) is 5.73 Å². The lowest BCUT2D eigenvalue weighted by Gasteiger charge is -2.09. The first-order chi connectivity index (χ1) is 10.5. The van der Waals surface area contributed by atoms with Gasteiger partial charge in [0.15, 0.2) is 5.11 Å². The largest absolute Gasteiger partial charge is 0.366 e. The van der Waals surface area contributed by atoms with E-state index in [4.69, 9.17) is 18.0 Å². The van der Waals surface area contributed by atoms with E-state index >= 15 is 0 Å². The third kappa shape index (κ3) is 7.17. The molecule has 1 rings (SSSR count). The molecule has 1 aromatic carbocycles. The smallest absolute Gasteiger partial charge is 0.248 e. The van der Waals surface area contributed by atoms with E-state index < -0.39 is 5.91 Å². The van der Waals surface area contributed by atoms with Crippen LogP contribution in [0.15, 0.2) is 24.3 Å². The maximum Gasteiger partial charge on any atom is 0.248 e. The molecule has 1 aromatic rings. The lowest BCUT2D eigenvalue weighted by molar-refractivity contribution is -0.119. The summed E-state index contributed by atoms with van der Waals surface area (Å²) in [6.07, 6.45) is 5.99. The maximum absolute atomic E-state index is 11.7. The maximum atomic E-state index is 11.7. The van der Waals surface area contributed by atoms with Gasteiger partial charge in [0.05, 0.1) is 0 Å². The first-order valence-corrected chi connectivity index (χ1v) is 7.94. The summed E-state index contributed by atoms with van der Waals surface area (Å²) in [4.78, 5) is 22.7. The molecule has 0 bridgehead atoms. The average Bonchev–Trinajstić information content (AvgIpc) is 2.47. The van der Waals surface area contributed by atoms with Gasteiger partial charge >= 0.3 is 0 Å². The van der Waals surface area contributed by atoms with Crippen LogP contribution < -0.4 is 16.4 Å². The van der Waals surface area contributed by atoms with E-state index in [9.17, 15) is 9.59 Å². The molecule has 22 heavy (non-hydrogen) atoms. The van der Waals surface area contributed by atoms with Gasteiger partial charge in [0.25, 0.3) is 0 Å². The molecule has 0 fully saturated rings. The van der Waals surface area contributed by atoms with E-state index in [2.05, 4.69) is 17.6 Å².